The Hall–Kier alpha value is -2.34. The summed E-state index contributed by atoms with van der Waals surface area (Å²) in [7, 11) is 1.61. The summed E-state index contributed by atoms with van der Waals surface area (Å²) in [5, 5.41) is 2.47. The van der Waals surface area contributed by atoms with Gasteiger partial charge in [-0.2, -0.15) is 0 Å². The predicted molar refractivity (Wildman–Crippen MR) is 76.6 cm³/mol. The molecule has 0 amide bonds. The van der Waals surface area contributed by atoms with Crippen molar-refractivity contribution in [3.05, 3.63) is 40.0 Å². The smallest absolute Gasteiger partial charge is 0.261 e. The molecule has 0 aliphatic heterocycles. The van der Waals surface area contributed by atoms with Crippen molar-refractivity contribution in [1.82, 2.24) is 9.97 Å². The molecule has 0 spiro atoms. The van der Waals surface area contributed by atoms with Gasteiger partial charge in [-0.3, -0.25) is 9.78 Å². The van der Waals surface area contributed by atoms with Crippen molar-refractivity contribution in [3.63, 3.8) is 0 Å². The Morgan fingerprint density at radius 1 is 1.42 bits per heavy atom. The van der Waals surface area contributed by atoms with Crippen LogP contribution in [-0.2, 0) is 0 Å². The number of nitrogens with two attached hydrogens (primary N) is 1. The highest BCUT2D eigenvalue weighted by molar-refractivity contribution is 7.17. The number of hydrogen-bond acceptors (Lipinski definition) is 5. The number of nitrogens with one attached hydrogen (secondary N) is 1. The summed E-state index contributed by atoms with van der Waals surface area (Å²) in [5.41, 5.74) is 7.08. The fraction of sp³-hybridized carbons (Fsp3) is 0.0769. The lowest BCUT2D eigenvalue weighted by molar-refractivity contribution is 0.415. The van der Waals surface area contributed by atoms with E-state index < -0.39 is 0 Å². The average Bonchev–Trinajstić information content (AvgIpc) is 2.82. The van der Waals surface area contributed by atoms with Crippen LogP contribution in [0.3, 0.4) is 0 Å². The quantitative estimate of drug-likeness (QED) is 0.750. The number of thiophene rings is 1. The van der Waals surface area contributed by atoms with Crippen molar-refractivity contribution in [1.29, 1.82) is 0 Å². The number of ether oxygens (including phenoxy) is 1. The van der Waals surface area contributed by atoms with Crippen LogP contribution in [-0.4, -0.2) is 17.1 Å². The number of H-pyrrole nitrogens is 1. The van der Waals surface area contributed by atoms with E-state index in [0.29, 0.717) is 10.2 Å². The number of benzene rings is 1. The summed E-state index contributed by atoms with van der Waals surface area (Å²) in [4.78, 5) is 19.3. The molecule has 3 rings (SSSR count). The molecule has 0 bridgehead atoms. The van der Waals surface area contributed by atoms with Crippen molar-refractivity contribution in [2.24, 2.45) is 0 Å². The third-order valence-corrected chi connectivity index (χ3v) is 3.72. The van der Waals surface area contributed by atoms with Gasteiger partial charge in [-0.05, 0) is 17.7 Å². The molecule has 0 aliphatic rings. The molecule has 1 aromatic carbocycles. The van der Waals surface area contributed by atoms with Crippen molar-refractivity contribution in [3.8, 4) is 16.9 Å². The largest absolute Gasteiger partial charge is 0.497 e. The van der Waals surface area contributed by atoms with Gasteiger partial charge in [0, 0.05) is 10.9 Å². The van der Waals surface area contributed by atoms with Crippen LogP contribution in [0.4, 0.5) is 5.95 Å². The molecule has 2 aromatic heterocycles. The van der Waals surface area contributed by atoms with Crippen LogP contribution in [0, 0.1) is 0 Å². The molecule has 19 heavy (non-hydrogen) atoms. The molecule has 0 radical (unpaired) electrons. The number of hydrogen-bond donors (Lipinski definition) is 2. The van der Waals surface area contributed by atoms with Crippen LogP contribution in [0.5, 0.6) is 5.75 Å². The molecule has 2 heterocycles. The van der Waals surface area contributed by atoms with Crippen LogP contribution in [0.25, 0.3) is 21.3 Å². The van der Waals surface area contributed by atoms with E-state index in [-0.39, 0.29) is 11.5 Å². The van der Waals surface area contributed by atoms with Gasteiger partial charge in [0.25, 0.3) is 5.56 Å². The number of methoxy groups -OCH3 is 1. The zero-order valence-corrected chi connectivity index (χ0v) is 11.0. The van der Waals surface area contributed by atoms with Gasteiger partial charge in [0.2, 0.25) is 5.95 Å². The maximum absolute atomic E-state index is 12.0. The summed E-state index contributed by atoms with van der Waals surface area (Å²) in [5.74, 6) is 0.883. The minimum atomic E-state index is -0.221. The number of anilines is 1. The molecule has 0 unspecified atom stereocenters. The average molecular weight is 273 g/mol. The second-order valence-electron chi connectivity index (χ2n) is 4.01. The third kappa shape index (κ3) is 1.96. The Morgan fingerprint density at radius 3 is 3.05 bits per heavy atom. The van der Waals surface area contributed by atoms with Gasteiger partial charge in [-0.1, -0.05) is 12.1 Å². The summed E-state index contributed by atoms with van der Waals surface area (Å²) in [6.07, 6.45) is 0. The van der Waals surface area contributed by atoms with E-state index >= 15 is 0 Å². The molecular formula is C13H11N3O2S. The molecule has 3 N–H and O–H groups in total. The minimum absolute atomic E-state index is 0.136. The van der Waals surface area contributed by atoms with Crippen molar-refractivity contribution in [2.75, 3.05) is 12.8 Å². The third-order valence-electron chi connectivity index (χ3n) is 2.84. The molecule has 0 saturated carbocycles. The number of aromatic nitrogens is 2. The van der Waals surface area contributed by atoms with Gasteiger partial charge >= 0.3 is 0 Å². The van der Waals surface area contributed by atoms with E-state index in [1.807, 2.05) is 29.6 Å². The molecule has 96 valence electrons. The van der Waals surface area contributed by atoms with Gasteiger partial charge in [0.1, 0.15) is 10.6 Å². The number of aromatic amines is 1. The standard InChI is InChI=1S/C13H11N3O2S/c1-18-8-4-2-3-7(5-8)9-6-19-12-10(9)11(17)15-13(14)16-12/h2-6H,1H3,(H3,14,15,16,17). The first-order valence-electron chi connectivity index (χ1n) is 5.60. The first-order chi connectivity index (χ1) is 9.19. The zero-order valence-electron chi connectivity index (χ0n) is 10.1. The molecular weight excluding hydrogens is 262 g/mol. The molecule has 0 atom stereocenters. The Labute approximate surface area is 112 Å². The van der Waals surface area contributed by atoms with E-state index in [4.69, 9.17) is 10.5 Å². The summed E-state index contributed by atoms with van der Waals surface area (Å²) >= 11 is 1.40. The van der Waals surface area contributed by atoms with Crippen LogP contribution in [0.1, 0.15) is 0 Å². The summed E-state index contributed by atoms with van der Waals surface area (Å²) in [6, 6.07) is 7.56. The second-order valence-corrected chi connectivity index (χ2v) is 4.87. The highest BCUT2D eigenvalue weighted by atomic mass is 32.1. The van der Waals surface area contributed by atoms with Crippen LogP contribution >= 0.6 is 11.3 Å². The molecule has 5 nitrogen and oxygen atoms in total. The zero-order chi connectivity index (χ0) is 13.4. The normalized spacial score (nSPS) is 10.8. The highest BCUT2D eigenvalue weighted by Gasteiger charge is 2.12. The van der Waals surface area contributed by atoms with Crippen molar-refractivity contribution < 1.29 is 4.74 Å². The van der Waals surface area contributed by atoms with E-state index in [2.05, 4.69) is 9.97 Å². The summed E-state index contributed by atoms with van der Waals surface area (Å²) in [6.45, 7) is 0. The van der Waals surface area contributed by atoms with E-state index in [9.17, 15) is 4.79 Å². The van der Waals surface area contributed by atoms with E-state index in [1.165, 1.54) is 11.3 Å². The van der Waals surface area contributed by atoms with E-state index in [0.717, 1.165) is 16.9 Å². The summed E-state index contributed by atoms with van der Waals surface area (Å²) < 4.78 is 5.20. The van der Waals surface area contributed by atoms with Gasteiger partial charge in [0.15, 0.2) is 0 Å². The Morgan fingerprint density at radius 2 is 2.26 bits per heavy atom. The lowest BCUT2D eigenvalue weighted by atomic mass is 10.1. The number of fused-ring (bicyclic) bond motifs is 1. The SMILES string of the molecule is COc1cccc(-c2csc3nc(N)[nH]c(=O)c23)c1. The molecule has 3 aromatic rings. The Balaban J connectivity index is 2.28. The van der Waals surface area contributed by atoms with Crippen molar-refractivity contribution >= 4 is 27.5 Å². The first kappa shape index (κ1) is 11.7. The lowest BCUT2D eigenvalue weighted by Gasteiger charge is -2.03. The highest BCUT2D eigenvalue weighted by Crippen LogP contribution is 2.32. The van der Waals surface area contributed by atoms with Gasteiger partial charge in [-0.25, -0.2) is 4.98 Å². The minimum Gasteiger partial charge on any atom is -0.497 e. The van der Waals surface area contributed by atoms with Gasteiger partial charge in [-0.15, -0.1) is 11.3 Å². The predicted octanol–water partition coefficient (Wildman–Crippen LogP) is 2.24. The maximum atomic E-state index is 12.0. The lowest BCUT2D eigenvalue weighted by Crippen LogP contribution is -2.10. The first-order valence-corrected chi connectivity index (χ1v) is 6.48. The van der Waals surface area contributed by atoms with Crippen LogP contribution < -0.4 is 16.0 Å². The fourth-order valence-corrected chi connectivity index (χ4v) is 2.92. The Kier molecular flexibility index (Phi) is 2.72. The number of rotatable bonds is 2. The van der Waals surface area contributed by atoms with Crippen LogP contribution in [0.15, 0.2) is 34.4 Å². The molecule has 6 heteroatoms. The van der Waals surface area contributed by atoms with Gasteiger partial charge in [0.05, 0.1) is 12.5 Å². The monoisotopic (exact) mass is 273 g/mol. The fourth-order valence-electron chi connectivity index (χ4n) is 1.97. The van der Waals surface area contributed by atoms with Gasteiger partial charge < -0.3 is 10.5 Å². The Bertz CT molecular complexity index is 807. The number of nitrogens with zero attached hydrogens (tertiary/aromatic N) is 1. The number of nitrogen functional groups attached to an aromatic ring is 1. The molecule has 0 fully saturated rings. The maximum Gasteiger partial charge on any atom is 0.261 e. The topological polar surface area (TPSA) is 81.0 Å². The molecule has 0 saturated heterocycles. The van der Waals surface area contributed by atoms with Crippen molar-refractivity contribution in [2.45, 2.75) is 0 Å². The van der Waals surface area contributed by atoms with Crippen LogP contribution in [0.2, 0.25) is 0 Å². The second kappa shape index (κ2) is 4.40. The molecule has 0 aliphatic carbocycles. The van der Waals surface area contributed by atoms with E-state index in [1.54, 1.807) is 7.11 Å².